The van der Waals surface area contributed by atoms with E-state index in [1.54, 1.807) is 12.4 Å². The maximum atomic E-state index is 13.0. The number of allylic oxidation sites excluding steroid dienone is 2. The number of amides is 1. The highest BCUT2D eigenvalue weighted by Crippen LogP contribution is 2.34. The summed E-state index contributed by atoms with van der Waals surface area (Å²) in [6.45, 7) is 0. The third kappa shape index (κ3) is 6.47. The van der Waals surface area contributed by atoms with E-state index in [0.29, 0.717) is 16.7 Å². The van der Waals surface area contributed by atoms with Gasteiger partial charge in [-0.25, -0.2) is 0 Å². The molecule has 9 heteroatoms. The van der Waals surface area contributed by atoms with E-state index in [2.05, 4.69) is 10.3 Å². The Morgan fingerprint density at radius 2 is 1.43 bits per heavy atom. The van der Waals surface area contributed by atoms with Crippen LogP contribution in [0.2, 0.25) is 0 Å². The fourth-order valence-corrected chi connectivity index (χ4v) is 4.28. The fourth-order valence-electron chi connectivity index (χ4n) is 4.28. The first kappa shape index (κ1) is 26.2. The predicted octanol–water partition coefficient (Wildman–Crippen LogP) is 7.30. The molecule has 192 valence electrons. The van der Waals surface area contributed by atoms with Gasteiger partial charge in [-0.2, -0.15) is 26.3 Å². The Morgan fingerprint density at radius 1 is 0.865 bits per heavy atom. The summed E-state index contributed by atoms with van der Waals surface area (Å²) in [5.41, 5.74) is 1.46. The first-order valence-electron chi connectivity index (χ1n) is 11.5. The molecule has 3 nitrogen and oxygen atoms in total. The number of hydrogen-bond donors (Lipinski definition) is 1. The molecule has 1 heterocycles. The van der Waals surface area contributed by atoms with Gasteiger partial charge in [-0.1, -0.05) is 36.4 Å². The van der Waals surface area contributed by atoms with Crippen LogP contribution in [0.5, 0.6) is 0 Å². The van der Waals surface area contributed by atoms with Crippen LogP contribution in [0, 0.1) is 0 Å². The number of rotatable bonds is 5. The monoisotopic (exact) mass is 516 g/mol. The molecule has 1 unspecified atom stereocenters. The lowest BCUT2D eigenvalue weighted by Crippen LogP contribution is -2.29. The number of aryl methyl sites for hydroxylation is 1. The van der Waals surface area contributed by atoms with Crippen molar-refractivity contribution in [2.75, 3.05) is 0 Å². The van der Waals surface area contributed by atoms with Gasteiger partial charge in [0.15, 0.2) is 0 Å². The zero-order valence-electron chi connectivity index (χ0n) is 19.4. The number of fused-ring (bicyclic) bond motifs is 1. The number of carbonyl (C=O) groups excluding carboxylic acids is 1. The number of aromatic nitrogens is 1. The van der Waals surface area contributed by atoms with Gasteiger partial charge in [-0.15, -0.1) is 0 Å². The van der Waals surface area contributed by atoms with Crippen molar-refractivity contribution in [3.63, 3.8) is 0 Å². The van der Waals surface area contributed by atoms with Crippen LogP contribution in [0.1, 0.15) is 52.3 Å². The summed E-state index contributed by atoms with van der Waals surface area (Å²) in [6.07, 6.45) is 1.16. The maximum Gasteiger partial charge on any atom is 0.416 e. The van der Waals surface area contributed by atoms with Crippen molar-refractivity contribution in [1.29, 1.82) is 0 Å². The highest BCUT2D eigenvalue weighted by Gasteiger charge is 2.31. The second-order valence-electron chi connectivity index (χ2n) is 8.62. The van der Waals surface area contributed by atoms with Crippen LogP contribution in [0.4, 0.5) is 26.3 Å². The number of nitrogens with one attached hydrogen (secondary N) is 1. The molecular weight excluding hydrogens is 494 g/mol. The molecule has 2 aromatic carbocycles. The van der Waals surface area contributed by atoms with E-state index >= 15 is 0 Å². The van der Waals surface area contributed by atoms with Crippen molar-refractivity contribution < 1.29 is 31.1 Å². The first-order valence-corrected chi connectivity index (χ1v) is 11.5. The molecule has 0 saturated carbocycles. The first-order chi connectivity index (χ1) is 17.5. The highest BCUT2D eigenvalue weighted by atomic mass is 19.4. The van der Waals surface area contributed by atoms with Crippen molar-refractivity contribution in [2.24, 2.45) is 0 Å². The summed E-state index contributed by atoms with van der Waals surface area (Å²) < 4.78 is 78.0. The molecule has 0 spiro atoms. The lowest BCUT2D eigenvalue weighted by atomic mass is 9.89. The van der Waals surface area contributed by atoms with Gasteiger partial charge in [-0.3, -0.25) is 9.78 Å². The predicted molar refractivity (Wildman–Crippen MR) is 127 cm³/mol. The minimum absolute atomic E-state index is 0.169. The van der Waals surface area contributed by atoms with E-state index in [1.165, 1.54) is 42.5 Å². The van der Waals surface area contributed by atoms with Crippen molar-refractivity contribution >= 4 is 11.5 Å². The smallest absolute Gasteiger partial charge is 0.346 e. The maximum absolute atomic E-state index is 13.0. The Balaban J connectivity index is 1.59. The van der Waals surface area contributed by atoms with Crippen LogP contribution in [-0.2, 0) is 23.6 Å². The van der Waals surface area contributed by atoms with E-state index < -0.39 is 23.5 Å². The molecule has 0 aliphatic heterocycles. The molecule has 4 rings (SSSR count). The van der Waals surface area contributed by atoms with Crippen LogP contribution in [0.3, 0.4) is 0 Å². The molecule has 0 bridgehead atoms. The lowest BCUT2D eigenvalue weighted by molar-refractivity contribution is -0.138. The van der Waals surface area contributed by atoms with E-state index in [4.69, 9.17) is 0 Å². The van der Waals surface area contributed by atoms with Gasteiger partial charge in [0.05, 0.1) is 17.2 Å². The lowest BCUT2D eigenvalue weighted by Gasteiger charge is -2.25. The molecular formula is C28H22F6N2O. The third-order valence-corrected chi connectivity index (χ3v) is 6.13. The summed E-state index contributed by atoms with van der Waals surface area (Å²) in [6, 6.07) is 10.3. The Morgan fingerprint density at radius 3 is 1.97 bits per heavy atom. The standard InChI is InChI=1S/C28H22F6N2O/c29-27(30,31)21-11-7-18(8-12-21)23(19-9-13-22(14-10-19)28(32,33)34)4-2-6-26(37)36-25-5-1-3-20-17-35-16-15-24(20)25/h2,4,6-17,25H,1,3,5H2,(H,36,37). The molecule has 1 aliphatic rings. The number of benzene rings is 2. The number of nitrogens with zero attached hydrogens (tertiary/aromatic N) is 1. The molecule has 0 fully saturated rings. The summed E-state index contributed by atoms with van der Waals surface area (Å²) in [7, 11) is 0. The summed E-state index contributed by atoms with van der Waals surface area (Å²) in [4.78, 5) is 16.7. The van der Waals surface area contributed by atoms with Crippen molar-refractivity contribution in [3.8, 4) is 0 Å². The fraction of sp³-hybridized carbons (Fsp3) is 0.214. The van der Waals surface area contributed by atoms with E-state index in [0.717, 1.165) is 54.7 Å². The molecule has 37 heavy (non-hydrogen) atoms. The Bertz CT molecular complexity index is 1250. The molecule has 1 aromatic heterocycles. The van der Waals surface area contributed by atoms with Gasteiger partial charge < -0.3 is 5.32 Å². The van der Waals surface area contributed by atoms with Gasteiger partial charge in [-0.05, 0) is 77.4 Å². The molecule has 1 atom stereocenters. The largest absolute Gasteiger partial charge is 0.416 e. The molecule has 0 radical (unpaired) electrons. The van der Waals surface area contributed by atoms with Gasteiger partial charge in [0.2, 0.25) is 5.91 Å². The zero-order chi connectivity index (χ0) is 26.6. The number of pyridine rings is 1. The third-order valence-electron chi connectivity index (χ3n) is 6.13. The topological polar surface area (TPSA) is 42.0 Å². The molecule has 3 aromatic rings. The van der Waals surface area contributed by atoms with Crippen LogP contribution < -0.4 is 5.32 Å². The van der Waals surface area contributed by atoms with Gasteiger partial charge in [0.1, 0.15) is 0 Å². The van der Waals surface area contributed by atoms with Crippen molar-refractivity contribution in [1.82, 2.24) is 10.3 Å². The van der Waals surface area contributed by atoms with Gasteiger partial charge in [0.25, 0.3) is 0 Å². The molecule has 0 saturated heterocycles. The molecule has 1 amide bonds. The normalized spacial score (nSPS) is 15.8. The van der Waals surface area contributed by atoms with Crippen molar-refractivity contribution in [3.05, 3.63) is 119 Å². The van der Waals surface area contributed by atoms with Crippen molar-refractivity contribution in [2.45, 2.75) is 37.7 Å². The number of carbonyl (C=O) groups is 1. The van der Waals surface area contributed by atoms with E-state index in [9.17, 15) is 31.1 Å². The second-order valence-corrected chi connectivity index (χ2v) is 8.62. The average Bonchev–Trinajstić information content (AvgIpc) is 2.86. The number of hydrogen-bond acceptors (Lipinski definition) is 2. The molecule has 1 N–H and O–H groups in total. The van der Waals surface area contributed by atoms with Crippen LogP contribution in [0.15, 0.2) is 85.2 Å². The average molecular weight is 516 g/mol. The van der Waals surface area contributed by atoms with E-state index in [-0.39, 0.29) is 11.9 Å². The van der Waals surface area contributed by atoms with Crippen LogP contribution in [0.25, 0.3) is 5.57 Å². The SMILES string of the molecule is O=C(C=CC=C(c1ccc(C(F)(F)F)cc1)c1ccc(C(F)(F)F)cc1)NC1CCCc2cnccc21. The van der Waals surface area contributed by atoms with Gasteiger partial charge in [0, 0.05) is 18.5 Å². The van der Waals surface area contributed by atoms with Crippen LogP contribution >= 0.6 is 0 Å². The van der Waals surface area contributed by atoms with E-state index in [1.807, 2.05) is 6.07 Å². The number of halogens is 6. The minimum Gasteiger partial charge on any atom is -0.346 e. The highest BCUT2D eigenvalue weighted by molar-refractivity contribution is 5.89. The Kier molecular flexibility index (Phi) is 7.52. The van der Waals surface area contributed by atoms with Crippen LogP contribution in [-0.4, -0.2) is 10.9 Å². The van der Waals surface area contributed by atoms with Gasteiger partial charge >= 0.3 is 12.4 Å². The summed E-state index contributed by atoms with van der Waals surface area (Å²) >= 11 is 0. The minimum atomic E-state index is -4.53. The Labute approximate surface area is 209 Å². The second kappa shape index (κ2) is 10.6. The summed E-state index contributed by atoms with van der Waals surface area (Å²) in [5.74, 6) is -0.370. The quantitative estimate of drug-likeness (QED) is 0.220. The number of alkyl halides is 6. The zero-order valence-corrected chi connectivity index (χ0v) is 19.4. The summed E-state index contributed by atoms with van der Waals surface area (Å²) in [5, 5.41) is 2.94. The Hall–Kier alpha value is -3.88. The molecule has 1 aliphatic carbocycles.